The molecule has 1 aromatic carbocycles. The van der Waals surface area contributed by atoms with Crippen LogP contribution in [-0.2, 0) is 12.6 Å². The summed E-state index contributed by atoms with van der Waals surface area (Å²) in [6, 6.07) is 10.5. The van der Waals surface area contributed by atoms with Gasteiger partial charge in [-0.05, 0) is 17.7 Å². The van der Waals surface area contributed by atoms with Crippen LogP contribution >= 0.6 is 0 Å². The van der Waals surface area contributed by atoms with Crippen molar-refractivity contribution in [2.24, 2.45) is 0 Å². The Morgan fingerprint density at radius 3 is 2.42 bits per heavy atom. The van der Waals surface area contributed by atoms with Gasteiger partial charge in [0.15, 0.2) is 0 Å². The number of nitrogens with one attached hydrogen (secondary N) is 2. The van der Waals surface area contributed by atoms with Gasteiger partial charge in [-0.3, -0.25) is 9.59 Å². The minimum absolute atomic E-state index is 0.131. The van der Waals surface area contributed by atoms with Crippen LogP contribution in [0.3, 0.4) is 0 Å². The van der Waals surface area contributed by atoms with Gasteiger partial charge in [-0.15, -0.1) is 0 Å². The molecule has 0 saturated carbocycles. The fourth-order valence-corrected chi connectivity index (χ4v) is 2.08. The summed E-state index contributed by atoms with van der Waals surface area (Å²) >= 11 is 0. The third-order valence-corrected chi connectivity index (χ3v) is 3.27. The van der Waals surface area contributed by atoms with Crippen LogP contribution in [0, 0.1) is 0 Å². The highest BCUT2D eigenvalue weighted by Crippen LogP contribution is 2.26. The molecule has 1 unspecified atom stereocenters. The molecule has 2 aromatic rings. The quantitative estimate of drug-likeness (QED) is 0.775. The van der Waals surface area contributed by atoms with Crippen LogP contribution in [-0.4, -0.2) is 28.6 Å². The minimum Gasteiger partial charge on any atom is -0.391 e. The van der Waals surface area contributed by atoms with Crippen LogP contribution in [0.5, 0.6) is 0 Å². The topological polar surface area (TPSA) is 82.2 Å². The highest BCUT2D eigenvalue weighted by atomic mass is 19.4. The highest BCUT2D eigenvalue weighted by Gasteiger charge is 2.32. The lowest BCUT2D eigenvalue weighted by atomic mass is 10.1. The number of hydrogen-bond donors (Lipinski definition) is 3. The van der Waals surface area contributed by atoms with Gasteiger partial charge in [0.05, 0.1) is 6.10 Å². The second kappa shape index (κ2) is 7.31. The van der Waals surface area contributed by atoms with E-state index in [2.05, 4.69) is 5.32 Å². The zero-order valence-corrected chi connectivity index (χ0v) is 12.4. The molecular weight excluding hydrogens is 325 g/mol. The Hall–Kier alpha value is -2.61. The first-order chi connectivity index (χ1) is 11.3. The molecule has 1 atom stereocenters. The third-order valence-electron chi connectivity index (χ3n) is 3.27. The molecule has 3 N–H and O–H groups in total. The number of alkyl halides is 3. The van der Waals surface area contributed by atoms with Crippen LogP contribution in [0.4, 0.5) is 13.2 Å². The Kier molecular flexibility index (Phi) is 5.40. The van der Waals surface area contributed by atoms with Crippen LogP contribution in [0.2, 0.25) is 0 Å². The lowest BCUT2D eigenvalue weighted by Crippen LogP contribution is -2.36. The number of rotatable bonds is 5. The first-order valence-corrected chi connectivity index (χ1v) is 7.08. The molecular formula is C16H15F3N2O3. The maximum Gasteiger partial charge on any atom is 0.431 e. The van der Waals surface area contributed by atoms with Crippen molar-refractivity contribution < 1.29 is 23.1 Å². The Balaban J connectivity index is 1.96. The van der Waals surface area contributed by atoms with Crippen molar-refractivity contribution in [3.05, 3.63) is 69.6 Å². The first-order valence-electron chi connectivity index (χ1n) is 7.08. The van der Waals surface area contributed by atoms with E-state index in [1.54, 1.807) is 4.98 Å². The van der Waals surface area contributed by atoms with Gasteiger partial charge in [0.1, 0.15) is 11.3 Å². The van der Waals surface area contributed by atoms with Crippen LogP contribution < -0.4 is 10.9 Å². The summed E-state index contributed by atoms with van der Waals surface area (Å²) in [5, 5.41) is 12.2. The summed E-state index contributed by atoms with van der Waals surface area (Å²) in [4.78, 5) is 25.1. The van der Waals surface area contributed by atoms with Gasteiger partial charge in [0, 0.05) is 13.0 Å². The van der Waals surface area contributed by atoms with Crippen molar-refractivity contribution in [2.45, 2.75) is 18.7 Å². The van der Waals surface area contributed by atoms with Gasteiger partial charge in [-0.1, -0.05) is 30.3 Å². The summed E-state index contributed by atoms with van der Waals surface area (Å²) in [6.07, 6.45) is -5.28. The number of hydrogen-bond acceptors (Lipinski definition) is 3. The molecule has 0 saturated heterocycles. The molecule has 2 rings (SSSR count). The van der Waals surface area contributed by atoms with E-state index >= 15 is 0 Å². The number of carbonyl (C=O) groups excluding carboxylic acids is 1. The smallest absolute Gasteiger partial charge is 0.391 e. The normalized spacial score (nSPS) is 12.7. The van der Waals surface area contributed by atoms with Crippen LogP contribution in [0.25, 0.3) is 0 Å². The molecule has 128 valence electrons. The molecule has 0 spiro atoms. The average Bonchev–Trinajstić information content (AvgIpc) is 2.52. The van der Waals surface area contributed by atoms with Crippen molar-refractivity contribution in [1.29, 1.82) is 0 Å². The van der Waals surface area contributed by atoms with Crippen LogP contribution in [0.1, 0.15) is 21.6 Å². The average molecular weight is 340 g/mol. The van der Waals surface area contributed by atoms with E-state index in [1.807, 2.05) is 30.3 Å². The maximum atomic E-state index is 12.5. The largest absolute Gasteiger partial charge is 0.431 e. The predicted octanol–water partition coefficient (Wildman–Crippen LogP) is 1.73. The molecule has 0 bridgehead atoms. The molecule has 8 heteroatoms. The van der Waals surface area contributed by atoms with E-state index in [0.717, 1.165) is 11.6 Å². The number of pyridine rings is 1. The van der Waals surface area contributed by atoms with Gasteiger partial charge >= 0.3 is 6.18 Å². The number of aliphatic hydroxyl groups is 1. The Labute approximate surface area is 135 Å². The SMILES string of the molecule is O=C(NCC(O)Cc1ccccc1)c1ccc(C(F)(F)F)[nH]c1=O. The van der Waals surface area contributed by atoms with Crippen molar-refractivity contribution >= 4 is 5.91 Å². The summed E-state index contributed by atoms with van der Waals surface area (Å²) in [5.41, 5.74) is -1.95. The Morgan fingerprint density at radius 1 is 1.17 bits per heavy atom. The number of halogens is 3. The summed E-state index contributed by atoms with van der Waals surface area (Å²) < 4.78 is 37.4. The molecule has 5 nitrogen and oxygen atoms in total. The standard InChI is InChI=1S/C16H15F3N2O3/c17-16(18,19)13-7-6-12(15(24)21-13)14(23)20-9-11(22)8-10-4-2-1-3-5-10/h1-7,11,22H,8-9H2,(H,20,23)(H,21,24). The third kappa shape index (κ3) is 4.69. The van der Waals surface area contributed by atoms with E-state index in [0.29, 0.717) is 12.5 Å². The number of aliphatic hydroxyl groups excluding tert-OH is 1. The molecule has 1 aromatic heterocycles. The van der Waals surface area contributed by atoms with Gasteiger partial charge in [-0.25, -0.2) is 0 Å². The maximum absolute atomic E-state index is 12.5. The fraction of sp³-hybridized carbons (Fsp3) is 0.250. The van der Waals surface area contributed by atoms with Crippen LogP contribution in [0.15, 0.2) is 47.3 Å². The minimum atomic E-state index is -4.69. The van der Waals surface area contributed by atoms with E-state index in [-0.39, 0.29) is 6.54 Å². The number of amides is 1. The van der Waals surface area contributed by atoms with Gasteiger partial charge in [0.25, 0.3) is 11.5 Å². The van der Waals surface area contributed by atoms with Crippen molar-refractivity contribution in [1.82, 2.24) is 10.3 Å². The molecule has 24 heavy (non-hydrogen) atoms. The van der Waals surface area contributed by atoms with Crippen molar-refractivity contribution in [3.8, 4) is 0 Å². The van der Waals surface area contributed by atoms with Gasteiger partial charge in [0.2, 0.25) is 0 Å². The van der Waals surface area contributed by atoms with Crippen molar-refractivity contribution in [2.75, 3.05) is 6.54 Å². The molecule has 1 amide bonds. The summed E-state index contributed by atoms with van der Waals surface area (Å²) in [6.45, 7) is -0.131. The van der Waals surface area contributed by atoms with Gasteiger partial charge in [-0.2, -0.15) is 13.2 Å². The van der Waals surface area contributed by atoms with Gasteiger partial charge < -0.3 is 15.4 Å². The highest BCUT2D eigenvalue weighted by molar-refractivity contribution is 5.93. The monoisotopic (exact) mass is 340 g/mol. The lowest BCUT2D eigenvalue weighted by molar-refractivity contribution is -0.141. The second-order valence-corrected chi connectivity index (χ2v) is 5.17. The Morgan fingerprint density at radius 2 is 1.83 bits per heavy atom. The fourth-order valence-electron chi connectivity index (χ4n) is 2.08. The number of carbonyl (C=O) groups is 1. The first kappa shape index (κ1) is 17.7. The number of aromatic amines is 1. The zero-order valence-electron chi connectivity index (χ0n) is 12.4. The zero-order chi connectivity index (χ0) is 17.7. The number of benzene rings is 1. The lowest BCUT2D eigenvalue weighted by Gasteiger charge is -2.12. The van der Waals surface area contributed by atoms with E-state index < -0.39 is 35.0 Å². The molecule has 0 aliphatic carbocycles. The molecule has 0 aliphatic rings. The predicted molar refractivity (Wildman–Crippen MR) is 80.6 cm³/mol. The Bertz CT molecular complexity index is 757. The summed E-state index contributed by atoms with van der Waals surface area (Å²) in [7, 11) is 0. The second-order valence-electron chi connectivity index (χ2n) is 5.17. The summed E-state index contributed by atoms with van der Waals surface area (Å²) in [5.74, 6) is -0.850. The molecule has 1 heterocycles. The van der Waals surface area contributed by atoms with E-state index in [1.165, 1.54) is 0 Å². The molecule has 0 aliphatic heterocycles. The van der Waals surface area contributed by atoms with E-state index in [9.17, 15) is 27.9 Å². The van der Waals surface area contributed by atoms with Crippen molar-refractivity contribution in [3.63, 3.8) is 0 Å². The van der Waals surface area contributed by atoms with E-state index in [4.69, 9.17) is 0 Å². The molecule has 0 fully saturated rings. The molecule has 0 radical (unpaired) electrons. The number of H-pyrrole nitrogens is 1. The number of aromatic nitrogens is 1.